The molecule has 1 aromatic heterocycles. The maximum absolute atomic E-state index is 11.7. The second-order valence-corrected chi connectivity index (χ2v) is 8.25. The summed E-state index contributed by atoms with van der Waals surface area (Å²) in [5.41, 5.74) is 1.22. The van der Waals surface area contributed by atoms with E-state index in [1.165, 1.54) is 11.8 Å². The molecule has 0 unspecified atom stereocenters. The Morgan fingerprint density at radius 1 is 1.29 bits per heavy atom. The van der Waals surface area contributed by atoms with Crippen molar-refractivity contribution in [2.24, 2.45) is 7.05 Å². The lowest BCUT2D eigenvalue weighted by Crippen LogP contribution is -2.45. The molecule has 3 rings (SSSR count). The number of benzene rings is 1. The van der Waals surface area contributed by atoms with Gasteiger partial charge in [0.05, 0.1) is 12.8 Å². The van der Waals surface area contributed by atoms with Gasteiger partial charge in [-0.3, -0.25) is 4.90 Å². The first-order valence-corrected chi connectivity index (χ1v) is 10.0. The third kappa shape index (κ3) is 4.23. The summed E-state index contributed by atoms with van der Waals surface area (Å²) in [6.45, 7) is 1.58. The Kier molecular flexibility index (Phi) is 5.03. The highest BCUT2D eigenvalue weighted by Crippen LogP contribution is 2.24. The molecule has 130 valence electrons. The fraction of sp³-hybridized carbons (Fsp3) is 0.471. The number of hydrogen-bond donors (Lipinski definition) is 1. The minimum absolute atomic E-state index is 0.0690. The Morgan fingerprint density at radius 2 is 2.04 bits per heavy atom. The minimum atomic E-state index is -3.22. The summed E-state index contributed by atoms with van der Waals surface area (Å²) in [6, 6.07) is 10.3. The lowest BCUT2D eigenvalue weighted by molar-refractivity contribution is 0.223. The van der Waals surface area contributed by atoms with Crippen LogP contribution >= 0.6 is 0 Å². The molecule has 1 saturated heterocycles. The lowest BCUT2D eigenvalue weighted by atomic mass is 10.0. The van der Waals surface area contributed by atoms with Crippen molar-refractivity contribution in [1.82, 2.24) is 19.2 Å². The predicted octanol–water partition coefficient (Wildman–Crippen LogP) is 1.15. The number of nitrogens with zero attached hydrogens (tertiary/aromatic N) is 3. The highest BCUT2D eigenvalue weighted by atomic mass is 32.2. The zero-order valence-electron chi connectivity index (χ0n) is 14.1. The van der Waals surface area contributed by atoms with Crippen molar-refractivity contribution in [3.63, 3.8) is 0 Å². The van der Waals surface area contributed by atoms with Gasteiger partial charge in [-0.2, -0.15) is 0 Å². The Balaban J connectivity index is 1.80. The molecule has 1 N–H and O–H groups in total. The molecule has 1 aliphatic rings. The summed E-state index contributed by atoms with van der Waals surface area (Å²) in [5.74, 6) is 0.994. The molecule has 0 aliphatic carbocycles. The van der Waals surface area contributed by atoms with Crippen molar-refractivity contribution in [2.45, 2.75) is 31.5 Å². The smallest absolute Gasteiger partial charge is 0.209 e. The molecule has 0 spiro atoms. The van der Waals surface area contributed by atoms with Crippen LogP contribution in [-0.4, -0.2) is 47.8 Å². The van der Waals surface area contributed by atoms with Crippen molar-refractivity contribution in [3.05, 3.63) is 54.1 Å². The fourth-order valence-electron chi connectivity index (χ4n) is 3.38. The van der Waals surface area contributed by atoms with Crippen LogP contribution in [0.15, 0.2) is 42.7 Å². The van der Waals surface area contributed by atoms with Crippen LogP contribution in [0.5, 0.6) is 0 Å². The highest BCUT2D eigenvalue weighted by Gasteiger charge is 2.36. The molecular formula is C17H24N4O2S. The fourth-order valence-corrected chi connectivity index (χ4v) is 4.21. The van der Waals surface area contributed by atoms with Gasteiger partial charge in [0.2, 0.25) is 10.0 Å². The molecule has 6 nitrogen and oxygen atoms in total. The number of likely N-dealkylation sites (tertiary alicyclic amines) is 1. The van der Waals surface area contributed by atoms with Gasteiger partial charge in [0.1, 0.15) is 5.82 Å². The number of imidazole rings is 1. The SMILES string of the molecule is Cn1ccnc1CN1CC[C@@H](NS(C)(=O)=O)[C@@H]1Cc1ccccc1. The first-order chi connectivity index (χ1) is 11.4. The van der Waals surface area contributed by atoms with Gasteiger partial charge in [0, 0.05) is 38.1 Å². The maximum Gasteiger partial charge on any atom is 0.209 e. The van der Waals surface area contributed by atoms with Crippen molar-refractivity contribution in [2.75, 3.05) is 12.8 Å². The molecule has 0 bridgehead atoms. The van der Waals surface area contributed by atoms with Crippen LogP contribution in [-0.2, 0) is 30.0 Å². The van der Waals surface area contributed by atoms with Crippen LogP contribution in [0, 0.1) is 0 Å². The van der Waals surface area contributed by atoms with Crippen molar-refractivity contribution >= 4 is 10.0 Å². The molecule has 0 amide bonds. The Bertz CT molecular complexity index is 773. The maximum atomic E-state index is 11.7. The van der Waals surface area contributed by atoms with Crippen LogP contribution in [0.4, 0.5) is 0 Å². The molecule has 0 radical (unpaired) electrons. The third-order valence-electron chi connectivity index (χ3n) is 4.58. The van der Waals surface area contributed by atoms with Crippen LogP contribution in [0.25, 0.3) is 0 Å². The van der Waals surface area contributed by atoms with E-state index in [9.17, 15) is 8.42 Å². The second-order valence-electron chi connectivity index (χ2n) is 6.47. The van der Waals surface area contributed by atoms with E-state index in [1.807, 2.05) is 36.0 Å². The Labute approximate surface area is 143 Å². The summed E-state index contributed by atoms with van der Waals surface area (Å²) < 4.78 is 28.3. The van der Waals surface area contributed by atoms with E-state index in [1.54, 1.807) is 6.20 Å². The number of aryl methyl sites for hydroxylation is 1. The quantitative estimate of drug-likeness (QED) is 0.851. The van der Waals surface area contributed by atoms with Crippen molar-refractivity contribution in [1.29, 1.82) is 0 Å². The first-order valence-electron chi connectivity index (χ1n) is 8.14. The highest BCUT2D eigenvalue weighted by molar-refractivity contribution is 7.88. The number of rotatable bonds is 6. The third-order valence-corrected chi connectivity index (χ3v) is 5.31. The number of nitrogens with one attached hydrogen (secondary N) is 1. The number of aromatic nitrogens is 2. The van der Waals surface area contributed by atoms with Gasteiger partial charge in [-0.1, -0.05) is 30.3 Å². The van der Waals surface area contributed by atoms with E-state index >= 15 is 0 Å². The van der Waals surface area contributed by atoms with Gasteiger partial charge in [-0.25, -0.2) is 18.1 Å². The molecule has 1 fully saturated rings. The van der Waals surface area contributed by atoms with Gasteiger partial charge < -0.3 is 4.57 Å². The lowest BCUT2D eigenvalue weighted by Gasteiger charge is -2.28. The molecule has 2 heterocycles. The number of sulfonamides is 1. The molecule has 7 heteroatoms. The van der Waals surface area contributed by atoms with E-state index in [0.717, 1.165) is 31.8 Å². The summed E-state index contributed by atoms with van der Waals surface area (Å²) in [5, 5.41) is 0. The molecule has 0 saturated carbocycles. The summed E-state index contributed by atoms with van der Waals surface area (Å²) in [6.07, 6.45) is 6.59. The molecule has 1 aromatic carbocycles. The van der Waals surface area contributed by atoms with Crippen LogP contribution in [0.3, 0.4) is 0 Å². The summed E-state index contributed by atoms with van der Waals surface area (Å²) >= 11 is 0. The predicted molar refractivity (Wildman–Crippen MR) is 93.9 cm³/mol. The average Bonchev–Trinajstić information content (AvgIpc) is 3.08. The van der Waals surface area contributed by atoms with E-state index in [-0.39, 0.29) is 12.1 Å². The van der Waals surface area contributed by atoms with Gasteiger partial charge >= 0.3 is 0 Å². The van der Waals surface area contributed by atoms with Gasteiger partial charge in [-0.05, 0) is 18.4 Å². The minimum Gasteiger partial charge on any atom is -0.337 e. The van der Waals surface area contributed by atoms with Crippen molar-refractivity contribution in [3.8, 4) is 0 Å². The van der Waals surface area contributed by atoms with E-state index in [0.29, 0.717) is 0 Å². The van der Waals surface area contributed by atoms with Gasteiger partial charge in [0.15, 0.2) is 0 Å². The first kappa shape index (κ1) is 17.1. The molecular weight excluding hydrogens is 324 g/mol. The second kappa shape index (κ2) is 7.04. The normalized spacial score (nSPS) is 22.1. The van der Waals surface area contributed by atoms with E-state index in [4.69, 9.17) is 0 Å². The topological polar surface area (TPSA) is 67.2 Å². The van der Waals surface area contributed by atoms with Crippen LogP contribution < -0.4 is 4.72 Å². The molecule has 2 aromatic rings. The van der Waals surface area contributed by atoms with E-state index < -0.39 is 10.0 Å². The average molecular weight is 348 g/mol. The Hall–Kier alpha value is -1.70. The molecule has 24 heavy (non-hydrogen) atoms. The monoisotopic (exact) mass is 348 g/mol. The molecule has 2 atom stereocenters. The van der Waals surface area contributed by atoms with E-state index in [2.05, 4.69) is 26.7 Å². The van der Waals surface area contributed by atoms with Crippen molar-refractivity contribution < 1.29 is 8.42 Å². The Morgan fingerprint density at radius 3 is 2.67 bits per heavy atom. The number of hydrogen-bond acceptors (Lipinski definition) is 4. The van der Waals surface area contributed by atoms with Crippen LogP contribution in [0.1, 0.15) is 17.8 Å². The zero-order valence-corrected chi connectivity index (χ0v) is 14.9. The van der Waals surface area contributed by atoms with Gasteiger partial charge in [0.25, 0.3) is 0 Å². The van der Waals surface area contributed by atoms with Crippen LogP contribution in [0.2, 0.25) is 0 Å². The zero-order chi connectivity index (χ0) is 17.2. The van der Waals surface area contributed by atoms with Gasteiger partial charge in [-0.15, -0.1) is 0 Å². The molecule has 1 aliphatic heterocycles. The summed E-state index contributed by atoms with van der Waals surface area (Å²) in [7, 11) is -1.24. The standard InChI is InChI=1S/C17H24N4O2S/c1-20-11-9-18-17(20)13-21-10-8-15(19-24(2,22)23)16(21)12-14-6-4-3-5-7-14/h3-7,9,11,15-16,19H,8,10,12-13H2,1-2H3/t15-,16+/m1/s1. The largest absolute Gasteiger partial charge is 0.337 e. The summed E-state index contributed by atoms with van der Waals surface area (Å²) in [4.78, 5) is 6.73.